The first kappa shape index (κ1) is 21.7. The van der Waals surface area contributed by atoms with Crippen LogP contribution in [0.4, 0.5) is 4.39 Å². The molecule has 3 rings (SSSR count). The quantitative estimate of drug-likeness (QED) is 0.530. The predicted octanol–water partition coefficient (Wildman–Crippen LogP) is 4.49. The van der Waals surface area contributed by atoms with Crippen LogP contribution in [-0.2, 0) is 16.0 Å². The number of ether oxygens (including phenoxy) is 1. The molecule has 0 fully saturated rings. The zero-order valence-electron chi connectivity index (χ0n) is 15.9. The molecule has 0 radical (unpaired) electrons. The van der Waals surface area contributed by atoms with E-state index in [0.29, 0.717) is 12.3 Å². The lowest BCUT2D eigenvalue weighted by Crippen LogP contribution is -2.34. The molecule has 0 spiro atoms. The lowest BCUT2D eigenvalue weighted by molar-refractivity contribution is -0.142. The molecule has 0 aliphatic heterocycles. The van der Waals surface area contributed by atoms with E-state index in [9.17, 15) is 19.1 Å². The average molecular weight is 449 g/mol. The van der Waals surface area contributed by atoms with Crippen molar-refractivity contribution in [1.29, 1.82) is 0 Å². The second kappa shape index (κ2) is 9.69. The van der Waals surface area contributed by atoms with E-state index in [1.165, 1.54) is 23.5 Å². The molecular formula is C21H18ClFN2O4S. The Balaban J connectivity index is 1.68. The van der Waals surface area contributed by atoms with E-state index in [2.05, 4.69) is 10.3 Å². The largest absolute Gasteiger partial charge is 0.494 e. The zero-order chi connectivity index (χ0) is 21.7. The third-order valence-electron chi connectivity index (χ3n) is 4.13. The minimum absolute atomic E-state index is 0.0890. The number of hydrogen-bond donors (Lipinski definition) is 2. The normalized spacial score (nSPS) is 11.7. The summed E-state index contributed by atoms with van der Waals surface area (Å²) in [5.41, 5.74) is 1.48. The van der Waals surface area contributed by atoms with Gasteiger partial charge in [-0.2, -0.15) is 0 Å². The monoisotopic (exact) mass is 448 g/mol. The number of rotatable bonds is 8. The number of aliphatic carboxylic acids is 1. The van der Waals surface area contributed by atoms with Gasteiger partial charge in [0.15, 0.2) is 6.04 Å². The number of halogens is 2. The lowest BCUT2D eigenvalue weighted by Gasteiger charge is -2.15. The molecule has 1 atom stereocenters. The van der Waals surface area contributed by atoms with E-state index < -0.39 is 23.7 Å². The van der Waals surface area contributed by atoms with Gasteiger partial charge in [-0.3, -0.25) is 4.79 Å². The number of benzene rings is 2. The van der Waals surface area contributed by atoms with E-state index in [-0.39, 0.29) is 17.0 Å². The molecule has 0 bridgehead atoms. The first-order valence-electron chi connectivity index (χ1n) is 9.02. The van der Waals surface area contributed by atoms with Crippen LogP contribution in [0.1, 0.15) is 24.2 Å². The van der Waals surface area contributed by atoms with E-state index in [0.717, 1.165) is 22.4 Å². The van der Waals surface area contributed by atoms with Crippen LogP contribution >= 0.6 is 22.9 Å². The predicted molar refractivity (Wildman–Crippen MR) is 112 cm³/mol. The maximum absolute atomic E-state index is 13.7. The van der Waals surface area contributed by atoms with Gasteiger partial charge in [0.05, 0.1) is 23.7 Å². The molecule has 1 unspecified atom stereocenters. The molecule has 0 saturated carbocycles. The van der Waals surface area contributed by atoms with Crippen LogP contribution in [0, 0.1) is 5.82 Å². The maximum atomic E-state index is 13.7. The van der Waals surface area contributed by atoms with Gasteiger partial charge in [-0.05, 0) is 48.9 Å². The number of carbonyl (C=O) groups is 2. The molecule has 2 N–H and O–H groups in total. The summed E-state index contributed by atoms with van der Waals surface area (Å²) in [6.07, 6.45) is -0.104. The Labute approximate surface area is 181 Å². The van der Waals surface area contributed by atoms with Crippen LogP contribution in [0.25, 0.3) is 10.6 Å². The molecule has 0 aliphatic carbocycles. The highest BCUT2D eigenvalue weighted by Crippen LogP contribution is 2.26. The van der Waals surface area contributed by atoms with Gasteiger partial charge in [-0.25, -0.2) is 14.2 Å². The zero-order valence-corrected chi connectivity index (χ0v) is 17.5. The highest BCUT2D eigenvalue weighted by molar-refractivity contribution is 7.13. The van der Waals surface area contributed by atoms with Crippen molar-refractivity contribution in [1.82, 2.24) is 10.3 Å². The topological polar surface area (TPSA) is 88.5 Å². The van der Waals surface area contributed by atoms with E-state index >= 15 is 0 Å². The van der Waals surface area contributed by atoms with E-state index in [1.807, 2.05) is 31.2 Å². The van der Waals surface area contributed by atoms with Gasteiger partial charge in [0, 0.05) is 10.9 Å². The Kier molecular flexibility index (Phi) is 7.02. The lowest BCUT2D eigenvalue weighted by atomic mass is 10.1. The van der Waals surface area contributed by atoms with Crippen molar-refractivity contribution < 1.29 is 23.8 Å². The Morgan fingerprint density at radius 3 is 2.63 bits per heavy atom. The molecule has 30 heavy (non-hydrogen) atoms. The maximum Gasteiger partial charge on any atom is 0.330 e. The van der Waals surface area contributed by atoms with E-state index in [1.54, 1.807) is 5.38 Å². The Morgan fingerprint density at radius 1 is 1.27 bits per heavy atom. The number of aromatic nitrogens is 1. The highest BCUT2D eigenvalue weighted by atomic mass is 35.5. The molecule has 1 amide bonds. The second-order valence-corrected chi connectivity index (χ2v) is 7.56. The van der Waals surface area contributed by atoms with Crippen molar-refractivity contribution in [2.24, 2.45) is 0 Å². The summed E-state index contributed by atoms with van der Waals surface area (Å²) < 4.78 is 19.1. The summed E-state index contributed by atoms with van der Waals surface area (Å²) >= 11 is 7.01. The van der Waals surface area contributed by atoms with Gasteiger partial charge in [-0.15, -0.1) is 11.3 Å². The van der Waals surface area contributed by atoms with Gasteiger partial charge >= 0.3 is 5.97 Å². The molecule has 2 aromatic carbocycles. The molecule has 3 aromatic rings. The van der Waals surface area contributed by atoms with Crippen molar-refractivity contribution in [3.63, 3.8) is 0 Å². The van der Waals surface area contributed by atoms with Gasteiger partial charge in [0.2, 0.25) is 5.91 Å². The number of thiazole rings is 1. The van der Waals surface area contributed by atoms with Crippen molar-refractivity contribution >= 4 is 34.8 Å². The minimum Gasteiger partial charge on any atom is -0.494 e. The number of nitrogens with zero attached hydrogens (tertiary/aromatic N) is 1. The van der Waals surface area contributed by atoms with Crippen LogP contribution in [0.15, 0.2) is 47.8 Å². The van der Waals surface area contributed by atoms with Crippen molar-refractivity contribution in [2.75, 3.05) is 6.61 Å². The van der Waals surface area contributed by atoms with Crippen LogP contribution in [0.3, 0.4) is 0 Å². The van der Waals surface area contributed by atoms with Gasteiger partial charge < -0.3 is 15.2 Å². The third-order valence-corrected chi connectivity index (χ3v) is 5.38. The smallest absolute Gasteiger partial charge is 0.330 e. The Hall–Kier alpha value is -2.97. The van der Waals surface area contributed by atoms with Crippen LogP contribution < -0.4 is 10.1 Å². The standard InChI is InChI=1S/C21H18ClFN2O4S/c1-2-29-15-6-3-12(4-7-15)20-24-14(11-30-20)10-18(26)25-19(21(27)28)13-5-8-16(22)17(23)9-13/h3-9,11,19H,2,10H2,1H3,(H,25,26)(H,27,28). The van der Waals surface area contributed by atoms with Crippen LogP contribution in [0.2, 0.25) is 5.02 Å². The average Bonchev–Trinajstić information content (AvgIpc) is 3.17. The van der Waals surface area contributed by atoms with Gasteiger partial charge in [-0.1, -0.05) is 17.7 Å². The number of carboxylic acid groups (broad SMARTS) is 1. The van der Waals surface area contributed by atoms with Gasteiger partial charge in [0.1, 0.15) is 16.6 Å². The molecular weight excluding hydrogens is 431 g/mol. The molecule has 9 heteroatoms. The summed E-state index contributed by atoms with van der Waals surface area (Å²) in [5.74, 6) is -1.84. The summed E-state index contributed by atoms with van der Waals surface area (Å²) in [4.78, 5) is 28.4. The Bertz CT molecular complexity index is 1060. The van der Waals surface area contributed by atoms with Gasteiger partial charge in [0.25, 0.3) is 0 Å². The molecule has 1 heterocycles. The number of carboxylic acids is 1. The molecule has 0 saturated heterocycles. The first-order valence-corrected chi connectivity index (χ1v) is 10.3. The molecule has 1 aromatic heterocycles. The SMILES string of the molecule is CCOc1ccc(-c2nc(CC(=O)NC(C(=O)O)c3ccc(Cl)c(F)c3)cs2)cc1. The molecule has 0 aliphatic rings. The fourth-order valence-electron chi connectivity index (χ4n) is 2.74. The summed E-state index contributed by atoms with van der Waals surface area (Å²) in [5, 5.41) is 14.2. The number of carbonyl (C=O) groups excluding carboxylic acids is 1. The second-order valence-electron chi connectivity index (χ2n) is 6.29. The number of amides is 1. The van der Waals surface area contributed by atoms with Crippen LogP contribution in [-0.4, -0.2) is 28.6 Å². The molecule has 156 valence electrons. The first-order chi connectivity index (χ1) is 14.4. The summed E-state index contributed by atoms with van der Waals surface area (Å²) in [6.45, 7) is 2.49. The van der Waals surface area contributed by atoms with Crippen molar-refractivity contribution in [2.45, 2.75) is 19.4 Å². The highest BCUT2D eigenvalue weighted by Gasteiger charge is 2.23. The van der Waals surface area contributed by atoms with E-state index in [4.69, 9.17) is 16.3 Å². The summed E-state index contributed by atoms with van der Waals surface area (Å²) in [7, 11) is 0. The Morgan fingerprint density at radius 2 is 2.00 bits per heavy atom. The van der Waals surface area contributed by atoms with Crippen molar-refractivity contribution in [3.8, 4) is 16.3 Å². The third kappa shape index (κ3) is 5.34. The molecule has 6 nitrogen and oxygen atoms in total. The fraction of sp³-hybridized carbons (Fsp3) is 0.190. The number of hydrogen-bond acceptors (Lipinski definition) is 5. The number of nitrogens with one attached hydrogen (secondary N) is 1. The van der Waals surface area contributed by atoms with Crippen molar-refractivity contribution in [3.05, 3.63) is 69.9 Å². The fourth-order valence-corrected chi connectivity index (χ4v) is 3.68. The summed E-state index contributed by atoms with van der Waals surface area (Å²) in [6, 6.07) is 9.65. The van der Waals surface area contributed by atoms with Crippen LogP contribution in [0.5, 0.6) is 5.75 Å². The minimum atomic E-state index is -1.39.